The Hall–Kier alpha value is -0.740. The highest BCUT2D eigenvalue weighted by molar-refractivity contribution is 7.92. The fourth-order valence-corrected chi connectivity index (χ4v) is 2.82. The molecule has 1 aromatic carbocycles. The van der Waals surface area contributed by atoms with E-state index in [1.54, 1.807) is 6.07 Å². The number of halogens is 1. The number of rotatable bonds is 7. The molecule has 1 aromatic rings. The van der Waals surface area contributed by atoms with E-state index in [1.807, 2.05) is 25.1 Å². The normalized spacial score (nSPS) is 11.4. The van der Waals surface area contributed by atoms with Gasteiger partial charge in [0.1, 0.15) is 0 Å². The minimum Gasteiger partial charge on any atom is -0.284 e. The number of hydrogen-bond acceptors (Lipinski definition) is 2. The van der Waals surface area contributed by atoms with Gasteiger partial charge < -0.3 is 0 Å². The minimum absolute atomic E-state index is 0.152. The molecule has 0 atom stereocenters. The summed E-state index contributed by atoms with van der Waals surface area (Å²) in [6, 6.07) is 7.45. The maximum atomic E-state index is 11.6. The van der Waals surface area contributed by atoms with E-state index in [-0.39, 0.29) is 5.75 Å². The highest BCUT2D eigenvalue weighted by atomic mass is 35.5. The number of alkyl halides is 1. The molecule has 0 bridgehead atoms. The third-order valence-corrected chi connectivity index (χ3v) is 4.03. The summed E-state index contributed by atoms with van der Waals surface area (Å²) < 4.78 is 25.8. The van der Waals surface area contributed by atoms with E-state index in [4.69, 9.17) is 11.6 Å². The molecular formula is C12H18ClNO2S. The van der Waals surface area contributed by atoms with Gasteiger partial charge in [-0.2, -0.15) is 0 Å². The second kappa shape index (κ2) is 6.87. The standard InChI is InChI=1S/C12H18ClNO2S/c1-2-9-17(15,16)14-12-7-3-5-11(10-12)6-4-8-13/h3,5,7,10,14H,2,4,6,8-9H2,1H3. The van der Waals surface area contributed by atoms with Crippen molar-refractivity contribution >= 4 is 27.3 Å². The van der Waals surface area contributed by atoms with Gasteiger partial charge in [-0.05, 0) is 37.0 Å². The van der Waals surface area contributed by atoms with E-state index < -0.39 is 10.0 Å². The van der Waals surface area contributed by atoms with Crippen molar-refractivity contribution in [1.29, 1.82) is 0 Å². The Labute approximate surface area is 108 Å². The molecule has 0 aromatic heterocycles. The molecule has 0 spiro atoms. The van der Waals surface area contributed by atoms with Crippen LogP contribution in [-0.4, -0.2) is 20.1 Å². The lowest BCUT2D eigenvalue weighted by Gasteiger charge is -2.08. The molecule has 0 saturated heterocycles. The van der Waals surface area contributed by atoms with Crippen LogP contribution in [0.3, 0.4) is 0 Å². The van der Waals surface area contributed by atoms with Gasteiger partial charge in [-0.3, -0.25) is 4.72 Å². The van der Waals surface area contributed by atoms with Gasteiger partial charge in [0.05, 0.1) is 5.75 Å². The lowest BCUT2D eigenvalue weighted by molar-refractivity contribution is 0.600. The van der Waals surface area contributed by atoms with E-state index in [0.717, 1.165) is 18.4 Å². The minimum atomic E-state index is -3.20. The van der Waals surface area contributed by atoms with Gasteiger partial charge in [0.2, 0.25) is 10.0 Å². The summed E-state index contributed by atoms with van der Waals surface area (Å²) in [6.45, 7) is 1.84. The predicted octanol–water partition coefficient (Wildman–Crippen LogP) is 3.01. The van der Waals surface area contributed by atoms with Crippen LogP contribution >= 0.6 is 11.6 Å². The van der Waals surface area contributed by atoms with Crippen molar-refractivity contribution < 1.29 is 8.42 Å². The Kier molecular flexibility index (Phi) is 5.78. The molecule has 17 heavy (non-hydrogen) atoms. The van der Waals surface area contributed by atoms with Crippen molar-refractivity contribution in [2.45, 2.75) is 26.2 Å². The average molecular weight is 276 g/mol. The van der Waals surface area contributed by atoms with Crippen molar-refractivity contribution in [3.63, 3.8) is 0 Å². The quantitative estimate of drug-likeness (QED) is 0.778. The van der Waals surface area contributed by atoms with Crippen molar-refractivity contribution in [2.24, 2.45) is 0 Å². The summed E-state index contributed by atoms with van der Waals surface area (Å²) in [5, 5.41) is 0. The summed E-state index contributed by atoms with van der Waals surface area (Å²) in [5.74, 6) is 0.769. The molecule has 0 heterocycles. The van der Waals surface area contributed by atoms with Crippen LogP contribution in [0.5, 0.6) is 0 Å². The second-order valence-corrected chi connectivity index (χ2v) is 6.13. The fraction of sp³-hybridized carbons (Fsp3) is 0.500. The zero-order chi connectivity index (χ0) is 12.7. The van der Waals surface area contributed by atoms with E-state index >= 15 is 0 Å². The van der Waals surface area contributed by atoms with Gasteiger partial charge in [0.15, 0.2) is 0 Å². The lowest BCUT2D eigenvalue weighted by atomic mass is 10.1. The summed E-state index contributed by atoms with van der Waals surface area (Å²) in [4.78, 5) is 0. The third-order valence-electron chi connectivity index (χ3n) is 2.27. The third kappa shape index (κ3) is 5.41. The summed E-state index contributed by atoms with van der Waals surface area (Å²) in [6.07, 6.45) is 2.38. The van der Waals surface area contributed by atoms with Gasteiger partial charge in [0, 0.05) is 11.6 Å². The molecule has 0 aliphatic rings. The van der Waals surface area contributed by atoms with Crippen LogP contribution < -0.4 is 4.72 Å². The molecule has 0 aliphatic carbocycles. The van der Waals surface area contributed by atoms with Crippen LogP contribution in [-0.2, 0) is 16.4 Å². The van der Waals surface area contributed by atoms with Gasteiger partial charge in [0.25, 0.3) is 0 Å². The van der Waals surface area contributed by atoms with Crippen LogP contribution in [0, 0.1) is 0 Å². The fourth-order valence-electron chi connectivity index (χ4n) is 1.56. The predicted molar refractivity (Wildman–Crippen MR) is 73.2 cm³/mol. The Morgan fingerprint density at radius 2 is 2.12 bits per heavy atom. The largest absolute Gasteiger partial charge is 0.284 e. The van der Waals surface area contributed by atoms with Gasteiger partial charge >= 0.3 is 0 Å². The van der Waals surface area contributed by atoms with Gasteiger partial charge in [-0.15, -0.1) is 11.6 Å². The topological polar surface area (TPSA) is 46.2 Å². The summed E-state index contributed by atoms with van der Waals surface area (Å²) >= 11 is 5.63. The van der Waals surface area contributed by atoms with E-state index in [9.17, 15) is 8.42 Å². The highest BCUT2D eigenvalue weighted by Gasteiger charge is 2.08. The molecule has 96 valence electrons. The molecule has 1 rings (SSSR count). The van der Waals surface area contributed by atoms with Crippen molar-refractivity contribution in [3.8, 4) is 0 Å². The zero-order valence-electron chi connectivity index (χ0n) is 9.95. The first-order valence-corrected chi connectivity index (χ1v) is 7.91. The molecule has 3 nitrogen and oxygen atoms in total. The first-order valence-electron chi connectivity index (χ1n) is 5.73. The number of aryl methyl sites for hydroxylation is 1. The van der Waals surface area contributed by atoms with Gasteiger partial charge in [-0.25, -0.2) is 8.42 Å². The first-order chi connectivity index (χ1) is 8.07. The summed E-state index contributed by atoms with van der Waals surface area (Å²) in [5.41, 5.74) is 1.73. The maximum absolute atomic E-state index is 11.6. The number of benzene rings is 1. The Morgan fingerprint density at radius 1 is 1.35 bits per heavy atom. The maximum Gasteiger partial charge on any atom is 0.232 e. The average Bonchev–Trinajstić information content (AvgIpc) is 2.26. The van der Waals surface area contributed by atoms with Gasteiger partial charge in [-0.1, -0.05) is 19.1 Å². The van der Waals surface area contributed by atoms with Crippen LogP contribution in [0.2, 0.25) is 0 Å². The second-order valence-electron chi connectivity index (χ2n) is 3.91. The lowest BCUT2D eigenvalue weighted by Crippen LogP contribution is -2.16. The zero-order valence-corrected chi connectivity index (χ0v) is 11.5. The smallest absolute Gasteiger partial charge is 0.232 e. The Bertz CT molecular complexity index is 446. The molecule has 0 radical (unpaired) electrons. The number of sulfonamides is 1. The molecule has 0 unspecified atom stereocenters. The molecule has 0 aliphatic heterocycles. The van der Waals surface area contributed by atoms with Crippen LogP contribution in [0.4, 0.5) is 5.69 Å². The van der Waals surface area contributed by atoms with Crippen molar-refractivity contribution in [3.05, 3.63) is 29.8 Å². The van der Waals surface area contributed by atoms with E-state index in [1.165, 1.54) is 0 Å². The SMILES string of the molecule is CCCS(=O)(=O)Nc1cccc(CCCCl)c1. The van der Waals surface area contributed by atoms with Crippen LogP contribution in [0.25, 0.3) is 0 Å². The van der Waals surface area contributed by atoms with Crippen LogP contribution in [0.1, 0.15) is 25.3 Å². The number of hydrogen-bond donors (Lipinski definition) is 1. The molecule has 1 N–H and O–H groups in total. The highest BCUT2D eigenvalue weighted by Crippen LogP contribution is 2.14. The summed E-state index contributed by atoms with van der Waals surface area (Å²) in [7, 11) is -3.20. The van der Waals surface area contributed by atoms with Crippen molar-refractivity contribution in [2.75, 3.05) is 16.4 Å². The molecule has 0 fully saturated rings. The molecule has 5 heteroatoms. The monoisotopic (exact) mass is 275 g/mol. The van der Waals surface area contributed by atoms with Crippen molar-refractivity contribution in [1.82, 2.24) is 0 Å². The first kappa shape index (κ1) is 14.3. The van der Waals surface area contributed by atoms with Crippen LogP contribution in [0.15, 0.2) is 24.3 Å². The Balaban J connectivity index is 2.71. The molecular weight excluding hydrogens is 258 g/mol. The molecule has 0 saturated carbocycles. The van der Waals surface area contributed by atoms with E-state index in [0.29, 0.717) is 18.0 Å². The number of nitrogens with one attached hydrogen (secondary N) is 1. The Morgan fingerprint density at radius 3 is 2.76 bits per heavy atom. The number of anilines is 1. The molecule has 0 amide bonds. The van der Waals surface area contributed by atoms with E-state index in [2.05, 4.69) is 4.72 Å².